The van der Waals surface area contributed by atoms with Crippen LogP contribution in [0.5, 0.6) is 0 Å². The fourth-order valence-electron chi connectivity index (χ4n) is 1.63. The third-order valence-corrected chi connectivity index (χ3v) is 4.39. The monoisotopic (exact) mass is 235 g/mol. The first-order chi connectivity index (χ1) is 7.10. The fourth-order valence-corrected chi connectivity index (χ4v) is 3.19. The average molecular weight is 235 g/mol. The van der Waals surface area contributed by atoms with Gasteiger partial charge < -0.3 is 5.32 Å². The Hall–Kier alpha value is -0.170. The molecule has 6 heteroatoms. The van der Waals surface area contributed by atoms with Crippen molar-refractivity contribution in [3.8, 4) is 0 Å². The summed E-state index contributed by atoms with van der Waals surface area (Å²) in [6, 6.07) is 0.0601. The van der Waals surface area contributed by atoms with Crippen molar-refractivity contribution in [2.45, 2.75) is 32.7 Å². The van der Waals surface area contributed by atoms with Crippen LogP contribution in [0.2, 0.25) is 0 Å². The first-order valence-corrected chi connectivity index (χ1v) is 7.02. The van der Waals surface area contributed by atoms with Crippen molar-refractivity contribution < 1.29 is 8.42 Å². The van der Waals surface area contributed by atoms with Gasteiger partial charge in [0.05, 0.1) is 0 Å². The Balaban J connectivity index is 2.56. The van der Waals surface area contributed by atoms with Gasteiger partial charge in [-0.3, -0.25) is 0 Å². The van der Waals surface area contributed by atoms with E-state index >= 15 is 0 Å². The summed E-state index contributed by atoms with van der Waals surface area (Å²) in [5.41, 5.74) is 0. The molecule has 0 radical (unpaired) electrons. The molecule has 0 saturated carbocycles. The number of hydrogen-bond donors (Lipinski definition) is 2. The minimum Gasteiger partial charge on any atom is -0.314 e. The molecule has 5 nitrogen and oxygen atoms in total. The molecule has 0 aromatic heterocycles. The largest absolute Gasteiger partial charge is 0.314 e. The van der Waals surface area contributed by atoms with Gasteiger partial charge in [-0.05, 0) is 12.8 Å². The van der Waals surface area contributed by atoms with Gasteiger partial charge >= 0.3 is 0 Å². The molecule has 1 aliphatic rings. The van der Waals surface area contributed by atoms with E-state index in [9.17, 15) is 8.42 Å². The van der Waals surface area contributed by atoms with E-state index in [1.165, 1.54) is 4.31 Å². The van der Waals surface area contributed by atoms with Gasteiger partial charge in [0, 0.05) is 32.2 Å². The zero-order chi connectivity index (χ0) is 11.3. The molecule has 0 unspecified atom stereocenters. The van der Waals surface area contributed by atoms with Crippen LogP contribution in [0.4, 0.5) is 0 Å². The van der Waals surface area contributed by atoms with Crippen LogP contribution in [0.25, 0.3) is 0 Å². The first-order valence-electron chi connectivity index (χ1n) is 5.58. The lowest BCUT2D eigenvalue weighted by Crippen LogP contribution is -2.52. The van der Waals surface area contributed by atoms with Crippen LogP contribution < -0.4 is 10.0 Å². The van der Waals surface area contributed by atoms with E-state index in [0.717, 1.165) is 25.9 Å². The zero-order valence-corrected chi connectivity index (χ0v) is 10.3. The summed E-state index contributed by atoms with van der Waals surface area (Å²) in [6.07, 6.45) is 1.67. The molecule has 0 bridgehead atoms. The van der Waals surface area contributed by atoms with Crippen LogP contribution in [0.3, 0.4) is 0 Å². The van der Waals surface area contributed by atoms with Gasteiger partial charge in [-0.15, -0.1) is 0 Å². The van der Waals surface area contributed by atoms with Crippen molar-refractivity contribution in [1.82, 2.24) is 14.3 Å². The normalized spacial score (nSPS) is 19.7. The van der Waals surface area contributed by atoms with E-state index in [1.807, 2.05) is 13.8 Å². The lowest BCUT2D eigenvalue weighted by atomic mass is 10.2. The van der Waals surface area contributed by atoms with Crippen molar-refractivity contribution in [2.75, 3.05) is 26.2 Å². The van der Waals surface area contributed by atoms with Gasteiger partial charge in [0.2, 0.25) is 0 Å². The predicted octanol–water partition coefficient (Wildman–Crippen LogP) is -0.0854. The van der Waals surface area contributed by atoms with E-state index in [4.69, 9.17) is 0 Å². The molecule has 1 saturated heterocycles. The number of nitrogens with zero attached hydrogens (tertiary/aromatic N) is 1. The molecule has 0 spiro atoms. The Morgan fingerprint density at radius 2 is 1.80 bits per heavy atom. The summed E-state index contributed by atoms with van der Waals surface area (Å²) >= 11 is 0. The van der Waals surface area contributed by atoms with E-state index in [-0.39, 0.29) is 6.04 Å². The van der Waals surface area contributed by atoms with Crippen molar-refractivity contribution >= 4 is 10.2 Å². The van der Waals surface area contributed by atoms with Gasteiger partial charge in [-0.25, -0.2) is 0 Å². The lowest BCUT2D eigenvalue weighted by molar-refractivity contribution is 0.349. The summed E-state index contributed by atoms with van der Waals surface area (Å²) in [6.45, 7) is 6.60. The zero-order valence-electron chi connectivity index (χ0n) is 9.49. The molecule has 2 N–H and O–H groups in total. The van der Waals surface area contributed by atoms with E-state index in [2.05, 4.69) is 10.0 Å². The molecule has 1 fully saturated rings. The molecule has 1 aliphatic heterocycles. The summed E-state index contributed by atoms with van der Waals surface area (Å²) in [7, 11) is -3.26. The highest BCUT2D eigenvalue weighted by molar-refractivity contribution is 7.87. The Kier molecular flexibility index (Phi) is 4.98. The molecular weight excluding hydrogens is 214 g/mol. The average Bonchev–Trinajstić information content (AvgIpc) is 2.27. The number of piperazine rings is 1. The minimum atomic E-state index is -3.26. The number of hydrogen-bond acceptors (Lipinski definition) is 3. The molecule has 15 heavy (non-hydrogen) atoms. The van der Waals surface area contributed by atoms with Gasteiger partial charge in [-0.1, -0.05) is 13.8 Å². The molecule has 90 valence electrons. The van der Waals surface area contributed by atoms with Crippen molar-refractivity contribution in [3.05, 3.63) is 0 Å². The van der Waals surface area contributed by atoms with Crippen LogP contribution in [-0.2, 0) is 10.2 Å². The van der Waals surface area contributed by atoms with Crippen LogP contribution in [0.1, 0.15) is 26.7 Å². The van der Waals surface area contributed by atoms with Crippen molar-refractivity contribution in [3.63, 3.8) is 0 Å². The van der Waals surface area contributed by atoms with Crippen LogP contribution >= 0.6 is 0 Å². The van der Waals surface area contributed by atoms with Gasteiger partial charge in [0.25, 0.3) is 10.2 Å². The lowest BCUT2D eigenvalue weighted by Gasteiger charge is -2.28. The summed E-state index contributed by atoms with van der Waals surface area (Å²) in [5, 5.41) is 3.13. The van der Waals surface area contributed by atoms with E-state index in [1.54, 1.807) is 0 Å². The maximum atomic E-state index is 11.9. The predicted molar refractivity (Wildman–Crippen MR) is 60.9 cm³/mol. The summed E-state index contributed by atoms with van der Waals surface area (Å²) < 4.78 is 28.1. The fraction of sp³-hybridized carbons (Fsp3) is 1.00. The Morgan fingerprint density at radius 1 is 1.27 bits per heavy atom. The Labute approximate surface area is 92.4 Å². The van der Waals surface area contributed by atoms with Crippen molar-refractivity contribution in [1.29, 1.82) is 0 Å². The third kappa shape index (κ3) is 3.71. The van der Waals surface area contributed by atoms with Gasteiger partial charge in [0.1, 0.15) is 0 Å². The van der Waals surface area contributed by atoms with Gasteiger partial charge in [0.15, 0.2) is 0 Å². The van der Waals surface area contributed by atoms with E-state index < -0.39 is 10.2 Å². The maximum absolute atomic E-state index is 11.9. The summed E-state index contributed by atoms with van der Waals surface area (Å²) in [4.78, 5) is 0. The Morgan fingerprint density at radius 3 is 2.27 bits per heavy atom. The minimum absolute atomic E-state index is 0.0601. The molecule has 1 heterocycles. The summed E-state index contributed by atoms with van der Waals surface area (Å²) in [5.74, 6) is 0. The quantitative estimate of drug-likeness (QED) is 0.700. The smallest absolute Gasteiger partial charge is 0.279 e. The highest BCUT2D eigenvalue weighted by Gasteiger charge is 2.25. The van der Waals surface area contributed by atoms with Crippen LogP contribution in [0.15, 0.2) is 0 Å². The highest BCUT2D eigenvalue weighted by Crippen LogP contribution is 2.04. The molecule has 1 rings (SSSR count). The topological polar surface area (TPSA) is 61.4 Å². The third-order valence-electron chi connectivity index (χ3n) is 2.72. The second kappa shape index (κ2) is 5.79. The second-order valence-electron chi connectivity index (χ2n) is 3.79. The highest BCUT2D eigenvalue weighted by atomic mass is 32.2. The number of rotatable bonds is 5. The van der Waals surface area contributed by atoms with Crippen LogP contribution in [0, 0.1) is 0 Å². The maximum Gasteiger partial charge on any atom is 0.279 e. The van der Waals surface area contributed by atoms with Crippen LogP contribution in [-0.4, -0.2) is 44.9 Å². The molecular formula is C9H21N3O2S. The molecule has 0 aliphatic carbocycles. The molecule has 0 amide bonds. The van der Waals surface area contributed by atoms with Gasteiger partial charge in [-0.2, -0.15) is 17.4 Å². The Bertz CT molecular complexity index is 269. The first kappa shape index (κ1) is 12.9. The number of nitrogens with one attached hydrogen (secondary N) is 2. The SMILES string of the molecule is CCC(CC)NS(=O)(=O)N1CCNCC1. The molecule has 0 aromatic carbocycles. The van der Waals surface area contributed by atoms with Crippen molar-refractivity contribution in [2.24, 2.45) is 0 Å². The molecule has 0 atom stereocenters. The second-order valence-corrected chi connectivity index (χ2v) is 5.49. The molecule has 0 aromatic rings. The van der Waals surface area contributed by atoms with E-state index in [0.29, 0.717) is 13.1 Å². The standard InChI is InChI=1S/C9H21N3O2S/c1-3-9(4-2)11-15(13,14)12-7-5-10-6-8-12/h9-11H,3-8H2,1-2H3.